The molecule has 22 heavy (non-hydrogen) atoms. The summed E-state index contributed by atoms with van der Waals surface area (Å²) in [5.41, 5.74) is 0. The quantitative estimate of drug-likeness (QED) is 0.778. The molecule has 0 aromatic carbocycles. The molecule has 0 radical (unpaired) electrons. The molecule has 0 saturated heterocycles. The molecule has 0 fully saturated rings. The monoisotopic (exact) mass is 314 g/mol. The molecule has 0 bridgehead atoms. The van der Waals surface area contributed by atoms with Gasteiger partial charge in [0.25, 0.3) is 5.95 Å². The maximum absolute atomic E-state index is 12.3. The topological polar surface area (TPSA) is 85.6 Å². The minimum Gasteiger partial charge on any atom is -0.294 e. The van der Waals surface area contributed by atoms with Crippen molar-refractivity contribution in [2.75, 3.05) is 5.32 Å². The minimum atomic E-state index is -0.166. The van der Waals surface area contributed by atoms with Crippen LogP contribution < -0.4 is 5.32 Å². The average molecular weight is 314 g/mol. The molecule has 1 unspecified atom stereocenters. The van der Waals surface area contributed by atoms with Crippen molar-refractivity contribution < 1.29 is 4.79 Å². The first-order valence-electron chi connectivity index (χ1n) is 6.74. The summed E-state index contributed by atoms with van der Waals surface area (Å²) in [6.07, 6.45) is 5.26. The van der Waals surface area contributed by atoms with Gasteiger partial charge in [-0.2, -0.15) is 14.8 Å². The lowest BCUT2D eigenvalue weighted by atomic mass is 10.1. The smallest absolute Gasteiger partial charge is 0.253 e. The molecule has 3 heterocycles. The van der Waals surface area contributed by atoms with Crippen LogP contribution in [0.3, 0.4) is 0 Å². The van der Waals surface area contributed by atoms with Gasteiger partial charge in [-0.3, -0.25) is 10.1 Å². The normalized spacial score (nSPS) is 12.0. The first kappa shape index (κ1) is 14.3. The third kappa shape index (κ3) is 3.17. The number of nitrogens with one attached hydrogen (secondary N) is 1. The van der Waals surface area contributed by atoms with Gasteiger partial charge in [0.05, 0.1) is 0 Å². The lowest BCUT2D eigenvalue weighted by Gasteiger charge is -2.11. The summed E-state index contributed by atoms with van der Waals surface area (Å²) in [6.45, 7) is 1.88. The summed E-state index contributed by atoms with van der Waals surface area (Å²) in [7, 11) is 0. The second kappa shape index (κ2) is 6.44. The van der Waals surface area contributed by atoms with Crippen LogP contribution in [0.25, 0.3) is 5.95 Å². The zero-order chi connectivity index (χ0) is 15.4. The van der Waals surface area contributed by atoms with Crippen molar-refractivity contribution >= 4 is 23.2 Å². The number of nitrogens with zero attached hydrogens (tertiary/aromatic N) is 5. The van der Waals surface area contributed by atoms with Crippen LogP contribution in [-0.4, -0.2) is 30.6 Å². The van der Waals surface area contributed by atoms with Crippen LogP contribution in [-0.2, 0) is 11.2 Å². The summed E-state index contributed by atoms with van der Waals surface area (Å²) >= 11 is 1.64. The van der Waals surface area contributed by atoms with Crippen LogP contribution in [0.15, 0.2) is 42.3 Å². The summed E-state index contributed by atoms with van der Waals surface area (Å²) < 4.78 is 1.40. The largest absolute Gasteiger partial charge is 0.294 e. The second-order valence-corrected chi connectivity index (χ2v) is 5.75. The van der Waals surface area contributed by atoms with Crippen molar-refractivity contribution in [3.8, 4) is 5.95 Å². The predicted molar refractivity (Wildman–Crippen MR) is 82.8 cm³/mol. The van der Waals surface area contributed by atoms with Crippen LogP contribution >= 0.6 is 11.3 Å². The molecular formula is C14H14N6OS. The lowest BCUT2D eigenvalue weighted by molar-refractivity contribution is -0.119. The van der Waals surface area contributed by atoms with Gasteiger partial charge < -0.3 is 0 Å². The van der Waals surface area contributed by atoms with E-state index in [4.69, 9.17) is 0 Å². The van der Waals surface area contributed by atoms with E-state index in [2.05, 4.69) is 25.4 Å². The predicted octanol–water partition coefficient (Wildman–Crippen LogP) is 1.94. The van der Waals surface area contributed by atoms with Crippen molar-refractivity contribution in [1.29, 1.82) is 0 Å². The molecule has 3 aromatic heterocycles. The molecule has 8 heteroatoms. The lowest BCUT2D eigenvalue weighted by Crippen LogP contribution is -2.24. The standard InChI is InChI=1S/C14H14N6OS/c1-10(8-11-4-2-7-22-11)12(21)19-14-17-9-18-20(14)13-15-5-3-6-16-13/h2-7,9-10H,8H2,1H3,(H,17,18,19,21). The number of aromatic nitrogens is 5. The van der Waals surface area contributed by atoms with Crippen LogP contribution in [0.2, 0.25) is 0 Å². The summed E-state index contributed by atoms with van der Waals surface area (Å²) in [5.74, 6) is 0.398. The highest BCUT2D eigenvalue weighted by molar-refractivity contribution is 7.09. The van der Waals surface area contributed by atoms with Crippen molar-refractivity contribution in [1.82, 2.24) is 24.7 Å². The Bertz CT molecular complexity index is 740. The molecule has 1 N–H and O–H groups in total. The first-order valence-corrected chi connectivity index (χ1v) is 7.62. The highest BCUT2D eigenvalue weighted by Gasteiger charge is 2.18. The summed E-state index contributed by atoms with van der Waals surface area (Å²) in [4.78, 5) is 25.7. The van der Waals surface area contributed by atoms with E-state index in [0.717, 1.165) is 0 Å². The van der Waals surface area contributed by atoms with Gasteiger partial charge in [-0.1, -0.05) is 13.0 Å². The van der Waals surface area contributed by atoms with Gasteiger partial charge in [-0.25, -0.2) is 9.97 Å². The second-order valence-electron chi connectivity index (χ2n) is 4.72. The van der Waals surface area contributed by atoms with Gasteiger partial charge in [-0.05, 0) is 23.9 Å². The van der Waals surface area contributed by atoms with Crippen molar-refractivity contribution in [2.24, 2.45) is 5.92 Å². The van der Waals surface area contributed by atoms with Crippen molar-refractivity contribution in [3.63, 3.8) is 0 Å². The van der Waals surface area contributed by atoms with Gasteiger partial charge in [0.1, 0.15) is 6.33 Å². The summed E-state index contributed by atoms with van der Waals surface area (Å²) in [6, 6.07) is 5.71. The van der Waals surface area contributed by atoms with E-state index >= 15 is 0 Å². The van der Waals surface area contributed by atoms with E-state index < -0.39 is 0 Å². The van der Waals surface area contributed by atoms with Crippen LogP contribution in [0.5, 0.6) is 0 Å². The van der Waals surface area contributed by atoms with Gasteiger partial charge in [0, 0.05) is 23.2 Å². The number of carbonyl (C=O) groups excluding carboxylic acids is 1. The number of anilines is 1. The van der Waals surface area contributed by atoms with E-state index in [1.807, 2.05) is 24.4 Å². The fraction of sp³-hybridized carbons (Fsp3) is 0.214. The van der Waals surface area contributed by atoms with Crippen molar-refractivity contribution in [3.05, 3.63) is 47.2 Å². The number of amides is 1. The Morgan fingerprint density at radius 3 is 2.86 bits per heavy atom. The van der Waals surface area contributed by atoms with Gasteiger partial charge in [-0.15, -0.1) is 11.3 Å². The Hall–Kier alpha value is -2.61. The molecule has 1 atom stereocenters. The Morgan fingerprint density at radius 2 is 2.14 bits per heavy atom. The van der Waals surface area contributed by atoms with E-state index in [0.29, 0.717) is 18.3 Å². The third-order valence-corrected chi connectivity index (χ3v) is 3.96. The molecule has 3 rings (SSSR count). The van der Waals surface area contributed by atoms with Gasteiger partial charge in [0.2, 0.25) is 11.9 Å². The van der Waals surface area contributed by atoms with Gasteiger partial charge in [0.15, 0.2) is 0 Å². The van der Waals surface area contributed by atoms with E-state index in [1.165, 1.54) is 15.9 Å². The Balaban J connectivity index is 1.71. The highest BCUT2D eigenvalue weighted by Crippen LogP contribution is 2.16. The first-order chi connectivity index (χ1) is 10.7. The molecule has 0 aliphatic heterocycles. The molecule has 0 saturated carbocycles. The zero-order valence-corrected chi connectivity index (χ0v) is 12.7. The van der Waals surface area contributed by atoms with Crippen LogP contribution in [0, 0.1) is 5.92 Å². The zero-order valence-electron chi connectivity index (χ0n) is 11.9. The van der Waals surface area contributed by atoms with E-state index in [-0.39, 0.29) is 11.8 Å². The number of hydrogen-bond acceptors (Lipinski definition) is 6. The molecule has 0 aliphatic carbocycles. The maximum Gasteiger partial charge on any atom is 0.253 e. The molecule has 1 amide bonds. The number of hydrogen-bond donors (Lipinski definition) is 1. The van der Waals surface area contributed by atoms with Crippen LogP contribution in [0.1, 0.15) is 11.8 Å². The van der Waals surface area contributed by atoms with Gasteiger partial charge >= 0.3 is 0 Å². The third-order valence-electron chi connectivity index (χ3n) is 3.06. The maximum atomic E-state index is 12.3. The molecule has 0 aliphatic rings. The fourth-order valence-corrected chi connectivity index (χ4v) is 2.77. The summed E-state index contributed by atoms with van der Waals surface area (Å²) in [5, 5.41) is 8.82. The SMILES string of the molecule is CC(Cc1cccs1)C(=O)Nc1ncnn1-c1ncccn1. The number of rotatable bonds is 5. The average Bonchev–Trinajstić information content (AvgIpc) is 3.19. The Morgan fingerprint density at radius 1 is 1.32 bits per heavy atom. The molecule has 7 nitrogen and oxygen atoms in total. The fourth-order valence-electron chi connectivity index (χ4n) is 1.93. The van der Waals surface area contributed by atoms with E-state index in [1.54, 1.807) is 29.8 Å². The highest BCUT2D eigenvalue weighted by atomic mass is 32.1. The molecule has 3 aromatic rings. The molecule has 0 spiro atoms. The Labute approximate surface area is 131 Å². The molecule has 112 valence electrons. The van der Waals surface area contributed by atoms with Crippen LogP contribution in [0.4, 0.5) is 5.95 Å². The van der Waals surface area contributed by atoms with Crippen molar-refractivity contribution in [2.45, 2.75) is 13.3 Å². The van der Waals surface area contributed by atoms with E-state index in [9.17, 15) is 4.79 Å². The molecular weight excluding hydrogens is 300 g/mol. The number of carbonyl (C=O) groups is 1. The Kier molecular flexibility index (Phi) is 4.19. The number of thiophene rings is 1. The minimum absolute atomic E-state index is 0.112.